The fraction of sp³-hybridized carbons (Fsp3) is 0. The largest absolute Gasteiger partial charge is 0.310 e. The summed E-state index contributed by atoms with van der Waals surface area (Å²) in [5.41, 5.74) is 16.1. The molecule has 2 nitrogen and oxygen atoms in total. The summed E-state index contributed by atoms with van der Waals surface area (Å²) in [4.78, 5) is 4.85. The van der Waals surface area contributed by atoms with E-state index in [9.17, 15) is 0 Å². The summed E-state index contributed by atoms with van der Waals surface area (Å²) in [6.07, 6.45) is 0. The number of hydrogen-bond donors (Lipinski definition) is 0. The van der Waals surface area contributed by atoms with Crippen molar-refractivity contribution in [2.45, 2.75) is 0 Å². The number of rotatable bonds is 10. The average molecular weight is 973 g/mol. The van der Waals surface area contributed by atoms with Gasteiger partial charge in [-0.25, -0.2) is 0 Å². The molecule has 0 aliphatic carbocycles. The molecule has 0 saturated heterocycles. The average Bonchev–Trinajstić information content (AvgIpc) is 3.87. The molecule has 14 aromatic rings. The molecular weight excluding hydrogens is 925 g/mol. The molecule has 0 N–H and O–H groups in total. The van der Waals surface area contributed by atoms with Crippen LogP contribution in [0.15, 0.2) is 291 Å². The Morgan fingerprint density at radius 3 is 1.27 bits per heavy atom. The van der Waals surface area contributed by atoms with E-state index in [0.29, 0.717) is 0 Å². The third-order valence-corrected chi connectivity index (χ3v) is 15.9. The molecule has 0 fully saturated rings. The van der Waals surface area contributed by atoms with Crippen molar-refractivity contribution < 1.29 is 0 Å². The zero-order valence-electron chi connectivity index (χ0n) is 41.0. The van der Waals surface area contributed by atoms with E-state index in [2.05, 4.69) is 301 Å². The zero-order valence-corrected chi connectivity index (χ0v) is 41.8. The van der Waals surface area contributed by atoms with Gasteiger partial charge in [0.2, 0.25) is 0 Å². The van der Waals surface area contributed by atoms with Gasteiger partial charge < -0.3 is 9.80 Å². The predicted molar refractivity (Wildman–Crippen MR) is 323 cm³/mol. The standard InChI is InChI=1S/C72H48N2S/c1-2-16-49(17-3-1)50-36-38-51(39-37-50)54-22-10-25-60(45-54)73(68-32-13-20-52-18-4-6-28-64(52)68)61-26-11-23-55(46-61)56-24-12-27-62(47-56)74(69-33-14-21-53-19-5-7-29-65(53)69)63-43-42-57-44-59(41-40-58(57)48-63)66-31-15-35-71-72(66)67-30-8-9-34-70(67)75-71/h1-48H. The SMILES string of the molecule is c1ccc(-c2ccc(-c3cccc(N(c4cccc(-c5cccc(N(c6ccc7cc(-c8cccc9sc%10ccccc%10c89)ccc7c6)c6cccc7ccccc67)c5)c4)c4cccc5ccccc45)c3)cc2)cc1. The topological polar surface area (TPSA) is 6.48 Å². The van der Waals surface area contributed by atoms with Crippen LogP contribution in [0.4, 0.5) is 34.1 Å². The number of thiophene rings is 1. The first-order valence-corrected chi connectivity index (χ1v) is 26.5. The minimum atomic E-state index is 1.08. The quantitative estimate of drug-likeness (QED) is 0.135. The highest BCUT2D eigenvalue weighted by Crippen LogP contribution is 2.45. The fourth-order valence-corrected chi connectivity index (χ4v) is 12.3. The Morgan fingerprint density at radius 2 is 0.640 bits per heavy atom. The van der Waals surface area contributed by atoms with Gasteiger partial charge in [-0.15, -0.1) is 11.3 Å². The highest BCUT2D eigenvalue weighted by molar-refractivity contribution is 7.25. The highest BCUT2D eigenvalue weighted by Gasteiger charge is 2.20. The van der Waals surface area contributed by atoms with E-state index in [1.54, 1.807) is 0 Å². The van der Waals surface area contributed by atoms with Crippen LogP contribution in [-0.4, -0.2) is 0 Å². The molecule has 0 amide bonds. The van der Waals surface area contributed by atoms with Crippen LogP contribution >= 0.6 is 11.3 Å². The number of nitrogens with zero attached hydrogens (tertiary/aromatic N) is 2. The van der Waals surface area contributed by atoms with E-state index in [1.807, 2.05) is 11.3 Å². The molecule has 0 aliphatic rings. The number of benzene rings is 13. The van der Waals surface area contributed by atoms with E-state index in [1.165, 1.54) is 80.3 Å². The van der Waals surface area contributed by atoms with Gasteiger partial charge in [-0.3, -0.25) is 0 Å². The molecule has 0 spiro atoms. The maximum absolute atomic E-state index is 2.43. The Morgan fingerprint density at radius 1 is 0.227 bits per heavy atom. The molecular formula is C72H48N2S. The van der Waals surface area contributed by atoms with Gasteiger partial charge in [-0.1, -0.05) is 212 Å². The number of anilines is 6. The van der Waals surface area contributed by atoms with E-state index < -0.39 is 0 Å². The molecule has 1 heterocycles. The highest BCUT2D eigenvalue weighted by atomic mass is 32.1. The van der Waals surface area contributed by atoms with Crippen molar-refractivity contribution in [2.75, 3.05) is 9.80 Å². The van der Waals surface area contributed by atoms with E-state index in [4.69, 9.17) is 0 Å². The van der Waals surface area contributed by atoms with E-state index >= 15 is 0 Å². The van der Waals surface area contributed by atoms with Crippen LogP contribution in [0.25, 0.3) is 97.0 Å². The lowest BCUT2D eigenvalue weighted by molar-refractivity contribution is 1.29. The van der Waals surface area contributed by atoms with Gasteiger partial charge in [0.05, 0.1) is 11.4 Å². The molecule has 0 aliphatic heterocycles. The molecule has 0 saturated carbocycles. The van der Waals surface area contributed by atoms with Crippen molar-refractivity contribution in [1.82, 2.24) is 0 Å². The van der Waals surface area contributed by atoms with Crippen LogP contribution in [0.5, 0.6) is 0 Å². The van der Waals surface area contributed by atoms with Gasteiger partial charge in [0, 0.05) is 53.7 Å². The van der Waals surface area contributed by atoms with Crippen LogP contribution in [0.1, 0.15) is 0 Å². The van der Waals surface area contributed by atoms with Crippen molar-refractivity contribution >= 4 is 98.0 Å². The van der Waals surface area contributed by atoms with Gasteiger partial charge in [0.25, 0.3) is 0 Å². The van der Waals surface area contributed by atoms with Crippen molar-refractivity contribution in [3.05, 3.63) is 291 Å². The van der Waals surface area contributed by atoms with Gasteiger partial charge in [0.1, 0.15) is 0 Å². The molecule has 13 aromatic carbocycles. The number of hydrogen-bond acceptors (Lipinski definition) is 3. The maximum atomic E-state index is 2.43. The third-order valence-electron chi connectivity index (χ3n) is 14.8. The van der Waals surface area contributed by atoms with Crippen LogP contribution in [0.2, 0.25) is 0 Å². The van der Waals surface area contributed by atoms with Crippen LogP contribution in [0.3, 0.4) is 0 Å². The van der Waals surface area contributed by atoms with Crippen molar-refractivity contribution in [2.24, 2.45) is 0 Å². The summed E-state index contributed by atoms with van der Waals surface area (Å²) in [7, 11) is 0. The second-order valence-corrected chi connectivity index (χ2v) is 20.4. The second-order valence-electron chi connectivity index (χ2n) is 19.3. The summed E-state index contributed by atoms with van der Waals surface area (Å²) in [5, 5.41) is 9.83. The Balaban J connectivity index is 0.866. The van der Waals surface area contributed by atoms with Gasteiger partial charge in [-0.05, 0) is 145 Å². The Hall–Kier alpha value is -9.54. The second kappa shape index (κ2) is 18.8. The normalized spacial score (nSPS) is 11.5. The van der Waals surface area contributed by atoms with Crippen molar-refractivity contribution in [3.8, 4) is 44.5 Å². The lowest BCUT2D eigenvalue weighted by Gasteiger charge is -2.28. The lowest BCUT2D eigenvalue weighted by atomic mass is 9.96. The Kier molecular flexibility index (Phi) is 11.1. The summed E-state index contributed by atoms with van der Waals surface area (Å²) in [5.74, 6) is 0. The van der Waals surface area contributed by atoms with E-state index in [-0.39, 0.29) is 0 Å². The first kappa shape index (κ1) is 44.2. The van der Waals surface area contributed by atoms with Gasteiger partial charge in [-0.2, -0.15) is 0 Å². The summed E-state index contributed by atoms with van der Waals surface area (Å²) in [6.45, 7) is 0. The van der Waals surface area contributed by atoms with Crippen LogP contribution in [-0.2, 0) is 0 Å². The lowest BCUT2D eigenvalue weighted by Crippen LogP contribution is -2.11. The first-order valence-electron chi connectivity index (χ1n) is 25.6. The molecule has 352 valence electrons. The molecule has 0 unspecified atom stereocenters. The van der Waals surface area contributed by atoms with Gasteiger partial charge >= 0.3 is 0 Å². The van der Waals surface area contributed by atoms with Crippen molar-refractivity contribution in [1.29, 1.82) is 0 Å². The van der Waals surface area contributed by atoms with Crippen LogP contribution in [0, 0.1) is 0 Å². The fourth-order valence-electron chi connectivity index (χ4n) is 11.2. The molecule has 0 bridgehead atoms. The molecule has 3 heteroatoms. The third kappa shape index (κ3) is 8.17. The maximum Gasteiger partial charge on any atom is 0.0540 e. The summed E-state index contributed by atoms with van der Waals surface area (Å²) < 4.78 is 2.64. The number of fused-ring (bicyclic) bond motifs is 6. The molecule has 0 atom stereocenters. The van der Waals surface area contributed by atoms with Crippen LogP contribution < -0.4 is 9.80 Å². The molecule has 75 heavy (non-hydrogen) atoms. The minimum absolute atomic E-state index is 1.08. The monoisotopic (exact) mass is 972 g/mol. The zero-order chi connectivity index (χ0) is 49.7. The van der Waals surface area contributed by atoms with E-state index in [0.717, 1.165) is 50.8 Å². The van der Waals surface area contributed by atoms with Gasteiger partial charge in [0.15, 0.2) is 0 Å². The van der Waals surface area contributed by atoms with Crippen molar-refractivity contribution in [3.63, 3.8) is 0 Å². The smallest absolute Gasteiger partial charge is 0.0540 e. The summed E-state index contributed by atoms with van der Waals surface area (Å²) in [6, 6.07) is 107. The predicted octanol–water partition coefficient (Wildman–Crippen LogP) is 21.1. The molecule has 14 rings (SSSR count). The Bertz CT molecular complexity index is 4430. The Labute approximate surface area is 440 Å². The minimum Gasteiger partial charge on any atom is -0.310 e. The first-order chi connectivity index (χ1) is 37.2. The molecule has 1 aromatic heterocycles. The molecule has 0 radical (unpaired) electrons. The summed E-state index contributed by atoms with van der Waals surface area (Å²) >= 11 is 1.87.